The number of hydrogen-bond acceptors (Lipinski definition) is 3. The Labute approximate surface area is 124 Å². The summed E-state index contributed by atoms with van der Waals surface area (Å²) in [5, 5.41) is 5.50. The van der Waals surface area contributed by atoms with Crippen LogP contribution >= 0.6 is 0 Å². The van der Waals surface area contributed by atoms with Crippen LogP contribution in [0.3, 0.4) is 0 Å². The van der Waals surface area contributed by atoms with E-state index in [1.807, 2.05) is 0 Å². The number of amides is 1. The minimum atomic E-state index is -4.90. The molecule has 3 atom stereocenters. The van der Waals surface area contributed by atoms with Gasteiger partial charge in [-0.1, -0.05) is 6.92 Å². The maximum absolute atomic E-state index is 13.4. The number of nitrogens with one attached hydrogen (secondary N) is 2. The molecule has 0 radical (unpaired) electrons. The Morgan fingerprint density at radius 1 is 1.45 bits per heavy atom. The number of rotatable bonds is 2. The van der Waals surface area contributed by atoms with Crippen molar-refractivity contribution in [2.75, 3.05) is 5.32 Å². The van der Waals surface area contributed by atoms with E-state index in [0.717, 1.165) is 12.5 Å². The normalized spacial score (nSPS) is 30.1. The molecule has 4 nitrogen and oxygen atoms in total. The molecule has 22 heavy (non-hydrogen) atoms. The number of carbonyl (C=O) groups excluding carboxylic acids is 1. The molecule has 2 aliphatic rings. The van der Waals surface area contributed by atoms with E-state index in [1.165, 1.54) is 6.92 Å². The first-order valence-corrected chi connectivity index (χ1v) is 6.91. The van der Waals surface area contributed by atoms with Gasteiger partial charge in [-0.25, -0.2) is 9.37 Å². The highest BCUT2D eigenvalue weighted by atomic mass is 19.4. The topological polar surface area (TPSA) is 54.0 Å². The Kier molecular flexibility index (Phi) is 3.21. The molecular weight excluding hydrogens is 302 g/mol. The summed E-state index contributed by atoms with van der Waals surface area (Å²) in [6, 6.07) is 0.562. The van der Waals surface area contributed by atoms with Gasteiger partial charge in [0.1, 0.15) is 5.82 Å². The molecule has 2 heterocycles. The van der Waals surface area contributed by atoms with Crippen LogP contribution in [0.4, 0.5) is 23.4 Å². The lowest BCUT2D eigenvalue weighted by Gasteiger charge is -2.16. The Morgan fingerprint density at radius 2 is 2.14 bits per heavy atom. The number of carbonyl (C=O) groups is 1. The van der Waals surface area contributed by atoms with E-state index in [1.54, 1.807) is 0 Å². The molecule has 3 rings (SSSR count). The third-order valence-electron chi connectivity index (χ3n) is 4.42. The van der Waals surface area contributed by atoms with Crippen molar-refractivity contribution in [3.63, 3.8) is 0 Å². The zero-order valence-electron chi connectivity index (χ0n) is 12.0. The molecule has 8 heteroatoms. The third kappa shape index (κ3) is 2.55. The minimum absolute atomic E-state index is 0.102. The summed E-state index contributed by atoms with van der Waals surface area (Å²) in [5.74, 6) is -2.15. The largest absolute Gasteiger partial charge is 0.436 e. The molecule has 0 unspecified atom stereocenters. The third-order valence-corrected chi connectivity index (χ3v) is 4.42. The van der Waals surface area contributed by atoms with Crippen molar-refractivity contribution in [2.45, 2.75) is 44.9 Å². The molecule has 120 valence electrons. The maximum Gasteiger partial charge on any atom is 0.436 e. The molecule has 1 saturated heterocycles. The molecule has 0 bridgehead atoms. The van der Waals surface area contributed by atoms with Crippen LogP contribution < -0.4 is 10.6 Å². The quantitative estimate of drug-likeness (QED) is 0.825. The Balaban J connectivity index is 1.79. The number of piperidine rings is 1. The van der Waals surface area contributed by atoms with Crippen LogP contribution in [0.25, 0.3) is 0 Å². The minimum Gasteiger partial charge on any atom is -0.309 e. The molecule has 1 amide bonds. The van der Waals surface area contributed by atoms with E-state index in [2.05, 4.69) is 22.5 Å². The Bertz CT molecular complexity index is 646. The van der Waals surface area contributed by atoms with E-state index in [0.29, 0.717) is 6.42 Å². The summed E-state index contributed by atoms with van der Waals surface area (Å²) in [5.41, 5.74) is -1.37. The van der Waals surface area contributed by atoms with E-state index in [-0.39, 0.29) is 22.8 Å². The van der Waals surface area contributed by atoms with Crippen LogP contribution in [0.5, 0.6) is 0 Å². The summed E-state index contributed by atoms with van der Waals surface area (Å²) < 4.78 is 51.4. The number of aryl methyl sites for hydroxylation is 1. The fourth-order valence-electron chi connectivity index (χ4n) is 2.94. The van der Waals surface area contributed by atoms with Crippen LogP contribution in [-0.4, -0.2) is 23.0 Å². The summed E-state index contributed by atoms with van der Waals surface area (Å²) in [6.45, 7) is 3.45. The number of halogens is 4. The molecule has 1 aliphatic carbocycles. The molecule has 2 fully saturated rings. The summed E-state index contributed by atoms with van der Waals surface area (Å²) >= 11 is 0. The van der Waals surface area contributed by atoms with Crippen LogP contribution in [0.15, 0.2) is 6.07 Å². The lowest BCUT2D eigenvalue weighted by Crippen LogP contribution is -2.38. The van der Waals surface area contributed by atoms with Crippen molar-refractivity contribution in [1.82, 2.24) is 10.3 Å². The highest BCUT2D eigenvalue weighted by Crippen LogP contribution is 2.53. The second kappa shape index (κ2) is 4.65. The number of alkyl halides is 3. The van der Waals surface area contributed by atoms with Crippen LogP contribution in [-0.2, 0) is 11.0 Å². The van der Waals surface area contributed by atoms with Gasteiger partial charge in [0, 0.05) is 6.04 Å². The van der Waals surface area contributed by atoms with Crippen LogP contribution in [0.2, 0.25) is 0 Å². The number of fused-ring (bicyclic) bond motifs is 1. The molecule has 0 spiro atoms. The van der Waals surface area contributed by atoms with E-state index in [9.17, 15) is 22.4 Å². The fraction of sp³-hybridized carbons (Fsp3) is 0.571. The summed E-state index contributed by atoms with van der Waals surface area (Å²) in [6.07, 6.45) is -3.27. The standard InChI is InChI=1S/C14H15F4N3O/c1-6-3-7(15)10(14(16,17)18)20-11(6)21-12(22)8-4-13(2)5-9(13)19-8/h3,8-9,19H,4-5H2,1-2H3,(H,20,21,22)/t8-,9+,13-/m0/s1. The highest BCUT2D eigenvalue weighted by Gasteiger charge is 2.58. The highest BCUT2D eigenvalue weighted by molar-refractivity contribution is 5.95. The molecule has 2 N–H and O–H groups in total. The number of aromatic nitrogens is 1. The zero-order valence-corrected chi connectivity index (χ0v) is 12.0. The van der Waals surface area contributed by atoms with Gasteiger partial charge in [-0.3, -0.25) is 4.79 Å². The van der Waals surface area contributed by atoms with E-state index in [4.69, 9.17) is 0 Å². The van der Waals surface area contributed by atoms with Gasteiger partial charge >= 0.3 is 6.18 Å². The fourth-order valence-corrected chi connectivity index (χ4v) is 2.94. The average Bonchev–Trinajstić information content (AvgIpc) is 2.89. The van der Waals surface area contributed by atoms with Gasteiger partial charge in [-0.05, 0) is 36.8 Å². The van der Waals surface area contributed by atoms with Crippen molar-refractivity contribution in [2.24, 2.45) is 5.41 Å². The van der Waals surface area contributed by atoms with Gasteiger partial charge in [0.2, 0.25) is 5.91 Å². The molecule has 1 aromatic heterocycles. The molecule has 1 aromatic rings. The van der Waals surface area contributed by atoms with Gasteiger partial charge < -0.3 is 10.6 Å². The molecule has 0 aromatic carbocycles. The first kappa shape index (κ1) is 15.2. The Hall–Kier alpha value is -1.70. The van der Waals surface area contributed by atoms with Crippen LogP contribution in [0.1, 0.15) is 31.0 Å². The number of pyridine rings is 1. The van der Waals surface area contributed by atoms with Gasteiger partial charge in [0.25, 0.3) is 0 Å². The lowest BCUT2D eigenvalue weighted by atomic mass is 10.0. The predicted octanol–water partition coefficient (Wildman–Crippen LogP) is 2.63. The molecule has 1 aliphatic heterocycles. The molecular formula is C14H15F4N3O. The monoisotopic (exact) mass is 317 g/mol. The maximum atomic E-state index is 13.4. The van der Waals surface area contributed by atoms with Crippen molar-refractivity contribution in [3.05, 3.63) is 23.1 Å². The van der Waals surface area contributed by atoms with Gasteiger partial charge in [0.05, 0.1) is 6.04 Å². The van der Waals surface area contributed by atoms with Crippen molar-refractivity contribution in [3.8, 4) is 0 Å². The second-order valence-corrected chi connectivity index (χ2v) is 6.31. The van der Waals surface area contributed by atoms with Crippen molar-refractivity contribution in [1.29, 1.82) is 0 Å². The van der Waals surface area contributed by atoms with Crippen molar-refractivity contribution < 1.29 is 22.4 Å². The van der Waals surface area contributed by atoms with Gasteiger partial charge in [-0.15, -0.1) is 0 Å². The smallest absolute Gasteiger partial charge is 0.309 e. The number of nitrogens with zero attached hydrogens (tertiary/aromatic N) is 1. The first-order valence-electron chi connectivity index (χ1n) is 6.91. The van der Waals surface area contributed by atoms with Gasteiger partial charge in [-0.2, -0.15) is 13.2 Å². The summed E-state index contributed by atoms with van der Waals surface area (Å²) in [7, 11) is 0. The predicted molar refractivity (Wildman–Crippen MR) is 70.6 cm³/mol. The average molecular weight is 317 g/mol. The molecule has 1 saturated carbocycles. The van der Waals surface area contributed by atoms with Crippen molar-refractivity contribution >= 4 is 11.7 Å². The Morgan fingerprint density at radius 3 is 2.68 bits per heavy atom. The number of anilines is 1. The number of hydrogen-bond donors (Lipinski definition) is 2. The van der Waals surface area contributed by atoms with E-state index < -0.39 is 29.6 Å². The van der Waals surface area contributed by atoms with Crippen LogP contribution in [0, 0.1) is 18.2 Å². The SMILES string of the molecule is Cc1cc(F)c(C(F)(F)F)nc1NC(=O)[C@@H]1C[C@@]2(C)C[C@H]2N1. The summed E-state index contributed by atoms with van der Waals surface area (Å²) in [4.78, 5) is 15.4. The van der Waals surface area contributed by atoms with Gasteiger partial charge in [0.15, 0.2) is 11.5 Å². The second-order valence-electron chi connectivity index (χ2n) is 6.31. The van der Waals surface area contributed by atoms with E-state index >= 15 is 0 Å². The first-order chi connectivity index (χ1) is 10.1. The lowest BCUT2D eigenvalue weighted by molar-refractivity contribution is -0.143. The zero-order chi connectivity index (χ0) is 16.3.